The van der Waals surface area contributed by atoms with Crippen LogP contribution in [-0.2, 0) is 11.3 Å². The number of hydrogen-bond donors (Lipinski definition) is 1. The lowest BCUT2D eigenvalue weighted by Gasteiger charge is -2.10. The third kappa shape index (κ3) is 4.21. The molecule has 0 aliphatic rings. The van der Waals surface area contributed by atoms with Gasteiger partial charge in [-0.15, -0.1) is 0 Å². The highest BCUT2D eigenvalue weighted by molar-refractivity contribution is 5.36. The van der Waals surface area contributed by atoms with Gasteiger partial charge in [-0.05, 0) is 26.0 Å². The maximum atomic E-state index is 5.31. The largest absolute Gasteiger partial charge is 0.496 e. The Balaban J connectivity index is 2.42. The highest BCUT2D eigenvalue weighted by Gasteiger charge is 2.02. The molecule has 16 heavy (non-hydrogen) atoms. The van der Waals surface area contributed by atoms with Gasteiger partial charge >= 0.3 is 0 Å². The summed E-state index contributed by atoms with van der Waals surface area (Å²) in [5, 5.41) is 3.38. The summed E-state index contributed by atoms with van der Waals surface area (Å²) in [6.07, 6.45) is 1.03. The van der Waals surface area contributed by atoms with E-state index >= 15 is 0 Å². The Morgan fingerprint density at radius 3 is 2.75 bits per heavy atom. The average Bonchev–Trinajstić information content (AvgIpc) is 2.29. The van der Waals surface area contributed by atoms with Gasteiger partial charge in [0.2, 0.25) is 0 Å². The minimum atomic E-state index is 0.804. The van der Waals surface area contributed by atoms with Gasteiger partial charge in [-0.2, -0.15) is 0 Å². The van der Waals surface area contributed by atoms with Crippen LogP contribution in [0, 0.1) is 6.92 Å². The Kier molecular flexibility index (Phi) is 5.90. The van der Waals surface area contributed by atoms with Crippen LogP contribution >= 0.6 is 0 Å². The third-order valence-corrected chi connectivity index (χ3v) is 2.45. The number of hydrogen-bond acceptors (Lipinski definition) is 3. The number of nitrogens with one attached hydrogen (secondary N) is 1. The van der Waals surface area contributed by atoms with E-state index in [0.29, 0.717) is 0 Å². The highest BCUT2D eigenvalue weighted by atomic mass is 16.5. The molecule has 0 atom stereocenters. The zero-order valence-electron chi connectivity index (χ0n) is 10.4. The summed E-state index contributed by atoms with van der Waals surface area (Å²) in [6.45, 7) is 4.70. The van der Waals surface area contributed by atoms with Gasteiger partial charge in [0, 0.05) is 25.8 Å². The van der Waals surface area contributed by atoms with Crippen molar-refractivity contribution in [2.24, 2.45) is 0 Å². The van der Waals surface area contributed by atoms with Crippen molar-refractivity contribution >= 4 is 0 Å². The molecule has 0 aromatic heterocycles. The number of rotatable bonds is 7. The van der Waals surface area contributed by atoms with Crippen molar-refractivity contribution in [3.8, 4) is 5.75 Å². The third-order valence-electron chi connectivity index (χ3n) is 2.45. The molecule has 1 rings (SSSR count). The number of aryl methyl sites for hydroxylation is 1. The minimum absolute atomic E-state index is 0.804. The van der Waals surface area contributed by atoms with Gasteiger partial charge in [0.1, 0.15) is 5.75 Å². The van der Waals surface area contributed by atoms with E-state index in [1.54, 1.807) is 14.2 Å². The van der Waals surface area contributed by atoms with Crippen LogP contribution in [0.5, 0.6) is 5.75 Å². The first-order chi connectivity index (χ1) is 7.77. The molecule has 0 unspecified atom stereocenters. The molecule has 3 nitrogen and oxygen atoms in total. The van der Waals surface area contributed by atoms with Gasteiger partial charge < -0.3 is 14.8 Å². The minimum Gasteiger partial charge on any atom is -0.496 e. The molecule has 3 heteroatoms. The van der Waals surface area contributed by atoms with Crippen LogP contribution in [-0.4, -0.2) is 27.4 Å². The fraction of sp³-hybridized carbons (Fsp3) is 0.538. The van der Waals surface area contributed by atoms with Gasteiger partial charge in [-0.25, -0.2) is 0 Å². The lowest BCUT2D eigenvalue weighted by atomic mass is 10.1. The summed E-state index contributed by atoms with van der Waals surface area (Å²) in [7, 11) is 3.43. The molecule has 0 aliphatic heterocycles. The van der Waals surface area contributed by atoms with Crippen molar-refractivity contribution in [2.75, 3.05) is 27.4 Å². The summed E-state index contributed by atoms with van der Waals surface area (Å²) in [4.78, 5) is 0. The van der Waals surface area contributed by atoms with Crippen molar-refractivity contribution in [2.45, 2.75) is 19.9 Å². The molecule has 0 heterocycles. The van der Waals surface area contributed by atoms with E-state index in [-0.39, 0.29) is 0 Å². The van der Waals surface area contributed by atoms with Gasteiger partial charge in [-0.1, -0.05) is 17.7 Å². The zero-order valence-corrected chi connectivity index (χ0v) is 10.4. The maximum Gasteiger partial charge on any atom is 0.123 e. The van der Waals surface area contributed by atoms with Crippen LogP contribution in [0.1, 0.15) is 17.5 Å². The first-order valence-corrected chi connectivity index (χ1v) is 5.61. The van der Waals surface area contributed by atoms with Crippen molar-refractivity contribution in [3.63, 3.8) is 0 Å². The average molecular weight is 223 g/mol. The molecule has 0 aliphatic carbocycles. The summed E-state index contributed by atoms with van der Waals surface area (Å²) in [5.41, 5.74) is 2.47. The van der Waals surface area contributed by atoms with E-state index in [1.807, 2.05) is 6.07 Å². The van der Waals surface area contributed by atoms with Crippen molar-refractivity contribution in [1.82, 2.24) is 5.32 Å². The monoisotopic (exact) mass is 223 g/mol. The van der Waals surface area contributed by atoms with Gasteiger partial charge in [0.05, 0.1) is 7.11 Å². The lowest BCUT2D eigenvalue weighted by molar-refractivity contribution is 0.194. The fourth-order valence-electron chi connectivity index (χ4n) is 1.61. The fourth-order valence-corrected chi connectivity index (χ4v) is 1.61. The topological polar surface area (TPSA) is 30.5 Å². The molecule has 0 saturated carbocycles. The number of ether oxygens (including phenoxy) is 2. The van der Waals surface area contributed by atoms with Crippen LogP contribution in [0.15, 0.2) is 18.2 Å². The Bertz CT molecular complexity index is 313. The highest BCUT2D eigenvalue weighted by Crippen LogP contribution is 2.19. The predicted molar refractivity (Wildman–Crippen MR) is 65.9 cm³/mol. The van der Waals surface area contributed by atoms with Crippen molar-refractivity contribution in [1.29, 1.82) is 0 Å². The molecule has 0 saturated heterocycles. The quantitative estimate of drug-likeness (QED) is 0.718. The van der Waals surface area contributed by atoms with Crippen LogP contribution in [0.2, 0.25) is 0 Å². The molecular formula is C13H21NO2. The zero-order chi connectivity index (χ0) is 11.8. The molecule has 0 amide bonds. The molecule has 1 aromatic carbocycles. The second-order valence-electron chi connectivity index (χ2n) is 3.84. The molecule has 0 spiro atoms. The Morgan fingerprint density at radius 2 is 2.06 bits per heavy atom. The van der Waals surface area contributed by atoms with E-state index in [1.165, 1.54) is 11.1 Å². The Hall–Kier alpha value is -1.06. The molecule has 1 N–H and O–H groups in total. The lowest BCUT2D eigenvalue weighted by Crippen LogP contribution is -2.16. The maximum absolute atomic E-state index is 5.31. The normalized spacial score (nSPS) is 10.4. The molecule has 0 radical (unpaired) electrons. The number of methoxy groups -OCH3 is 2. The second-order valence-corrected chi connectivity index (χ2v) is 3.84. The molecule has 1 aromatic rings. The first-order valence-electron chi connectivity index (χ1n) is 5.61. The van der Waals surface area contributed by atoms with Crippen molar-refractivity contribution < 1.29 is 9.47 Å². The van der Waals surface area contributed by atoms with Gasteiger partial charge in [0.25, 0.3) is 0 Å². The standard InChI is InChI=1S/C13H21NO2/c1-11-5-6-13(16-3)12(9-11)10-14-7-4-8-15-2/h5-6,9,14H,4,7-8,10H2,1-3H3. The predicted octanol–water partition coefficient (Wildman–Crippen LogP) is 2.13. The van der Waals surface area contributed by atoms with Crippen LogP contribution in [0.25, 0.3) is 0 Å². The summed E-state index contributed by atoms with van der Waals surface area (Å²) < 4.78 is 10.3. The summed E-state index contributed by atoms with van der Waals surface area (Å²) in [6, 6.07) is 6.23. The number of benzene rings is 1. The van der Waals surface area contributed by atoms with E-state index in [0.717, 1.165) is 31.9 Å². The summed E-state index contributed by atoms with van der Waals surface area (Å²) >= 11 is 0. The molecule has 0 bridgehead atoms. The SMILES string of the molecule is COCCCNCc1cc(C)ccc1OC. The van der Waals surface area contributed by atoms with E-state index in [2.05, 4.69) is 24.4 Å². The Labute approximate surface area is 97.8 Å². The van der Waals surface area contributed by atoms with Gasteiger partial charge in [-0.3, -0.25) is 0 Å². The Morgan fingerprint density at radius 1 is 1.25 bits per heavy atom. The van der Waals surface area contributed by atoms with Gasteiger partial charge in [0.15, 0.2) is 0 Å². The molecular weight excluding hydrogens is 202 g/mol. The van der Waals surface area contributed by atoms with Crippen molar-refractivity contribution in [3.05, 3.63) is 29.3 Å². The van der Waals surface area contributed by atoms with Crippen LogP contribution < -0.4 is 10.1 Å². The summed E-state index contributed by atoms with van der Waals surface area (Å²) in [5.74, 6) is 0.949. The van der Waals surface area contributed by atoms with Crippen LogP contribution in [0.4, 0.5) is 0 Å². The molecule has 90 valence electrons. The smallest absolute Gasteiger partial charge is 0.123 e. The first kappa shape index (κ1) is 13.0. The van der Waals surface area contributed by atoms with E-state index in [9.17, 15) is 0 Å². The van der Waals surface area contributed by atoms with E-state index < -0.39 is 0 Å². The second kappa shape index (κ2) is 7.25. The molecule has 0 fully saturated rings. The van der Waals surface area contributed by atoms with Crippen LogP contribution in [0.3, 0.4) is 0 Å². The van der Waals surface area contributed by atoms with E-state index in [4.69, 9.17) is 9.47 Å².